The van der Waals surface area contributed by atoms with Crippen LogP contribution in [-0.2, 0) is 4.74 Å². The average molecular weight is 258 g/mol. The smallest absolute Gasteiger partial charge is 0.0468 e. The Morgan fingerprint density at radius 3 is 2.82 bits per heavy atom. The van der Waals surface area contributed by atoms with Crippen molar-refractivity contribution in [2.24, 2.45) is 5.92 Å². The lowest BCUT2D eigenvalue weighted by molar-refractivity contribution is 0.0565. The van der Waals surface area contributed by atoms with Gasteiger partial charge < -0.3 is 15.0 Å². The Morgan fingerprint density at radius 2 is 2.18 bits per heavy atom. The van der Waals surface area contributed by atoms with Crippen molar-refractivity contribution in [3.63, 3.8) is 0 Å². The Balaban J connectivity index is 1.85. The molecule has 1 N–H and O–H groups in total. The molecule has 0 aromatic heterocycles. The summed E-state index contributed by atoms with van der Waals surface area (Å²) in [5.74, 6) is 3.44. The first kappa shape index (κ1) is 13.7. The zero-order chi connectivity index (χ0) is 12.1. The van der Waals surface area contributed by atoms with Gasteiger partial charge in [-0.15, -0.1) is 0 Å². The molecular weight excluding hydrogens is 232 g/mol. The van der Waals surface area contributed by atoms with E-state index in [1.807, 2.05) is 0 Å². The minimum Gasteiger partial charge on any atom is -0.381 e. The molecule has 17 heavy (non-hydrogen) atoms. The van der Waals surface area contributed by atoms with Gasteiger partial charge >= 0.3 is 0 Å². The Morgan fingerprint density at radius 1 is 1.41 bits per heavy atom. The molecule has 2 atom stereocenters. The zero-order valence-corrected chi connectivity index (χ0v) is 12.0. The van der Waals surface area contributed by atoms with Crippen LogP contribution in [-0.4, -0.2) is 62.3 Å². The monoisotopic (exact) mass is 258 g/mol. The molecule has 0 spiro atoms. The van der Waals surface area contributed by atoms with Crippen molar-refractivity contribution in [3.8, 4) is 0 Å². The fourth-order valence-corrected chi connectivity index (χ4v) is 4.25. The van der Waals surface area contributed by atoms with Gasteiger partial charge in [-0.3, -0.25) is 0 Å². The molecule has 2 heterocycles. The number of hydrogen-bond acceptors (Lipinski definition) is 4. The fraction of sp³-hybridized carbons (Fsp3) is 1.00. The summed E-state index contributed by atoms with van der Waals surface area (Å²) in [6, 6.07) is 1.36. The van der Waals surface area contributed by atoms with Gasteiger partial charge in [0.1, 0.15) is 0 Å². The van der Waals surface area contributed by atoms with Crippen molar-refractivity contribution < 1.29 is 4.74 Å². The van der Waals surface area contributed by atoms with E-state index in [-0.39, 0.29) is 0 Å². The topological polar surface area (TPSA) is 24.5 Å². The maximum Gasteiger partial charge on any atom is 0.0468 e. The van der Waals surface area contributed by atoms with Gasteiger partial charge in [-0.05, 0) is 39.3 Å². The Hall–Kier alpha value is 0.230. The summed E-state index contributed by atoms with van der Waals surface area (Å²) in [6.45, 7) is 3.17. The third kappa shape index (κ3) is 3.85. The number of nitrogens with zero attached hydrogens (tertiary/aromatic N) is 1. The van der Waals surface area contributed by atoms with Crippen LogP contribution in [0.3, 0.4) is 0 Å². The standard InChI is InChI=1S/C13H26N2OS/c1-14-12(9-11-3-6-16-7-4-11)13-10-17-8-5-15(13)2/h11-14H,3-10H2,1-2H3. The van der Waals surface area contributed by atoms with Gasteiger partial charge in [-0.25, -0.2) is 0 Å². The molecule has 0 amide bonds. The van der Waals surface area contributed by atoms with Gasteiger partial charge in [0.15, 0.2) is 0 Å². The minimum atomic E-state index is 0.649. The van der Waals surface area contributed by atoms with E-state index in [2.05, 4.69) is 36.1 Å². The van der Waals surface area contributed by atoms with E-state index in [9.17, 15) is 0 Å². The molecule has 0 aromatic carbocycles. The molecule has 2 unspecified atom stereocenters. The molecule has 0 aliphatic carbocycles. The van der Waals surface area contributed by atoms with Crippen LogP contribution in [0.4, 0.5) is 0 Å². The lowest BCUT2D eigenvalue weighted by Gasteiger charge is -2.39. The SMILES string of the molecule is CNC(CC1CCOCC1)C1CSCCN1C. The summed E-state index contributed by atoms with van der Waals surface area (Å²) >= 11 is 2.11. The molecule has 0 bridgehead atoms. The number of hydrogen-bond donors (Lipinski definition) is 1. The van der Waals surface area contributed by atoms with Crippen molar-refractivity contribution in [2.75, 3.05) is 45.4 Å². The molecule has 0 aromatic rings. The third-order valence-corrected chi connectivity index (χ3v) is 5.25. The van der Waals surface area contributed by atoms with Crippen molar-refractivity contribution in [2.45, 2.75) is 31.3 Å². The maximum atomic E-state index is 5.45. The van der Waals surface area contributed by atoms with E-state index in [1.165, 1.54) is 37.3 Å². The van der Waals surface area contributed by atoms with Crippen LogP contribution in [0.15, 0.2) is 0 Å². The van der Waals surface area contributed by atoms with Crippen molar-refractivity contribution in [1.29, 1.82) is 0 Å². The van der Waals surface area contributed by atoms with Crippen molar-refractivity contribution in [3.05, 3.63) is 0 Å². The van der Waals surface area contributed by atoms with E-state index in [0.717, 1.165) is 19.1 Å². The second-order valence-electron chi connectivity index (χ2n) is 5.31. The predicted molar refractivity (Wildman–Crippen MR) is 74.8 cm³/mol. The van der Waals surface area contributed by atoms with Gasteiger partial charge in [0.2, 0.25) is 0 Å². The average Bonchev–Trinajstić information content (AvgIpc) is 2.38. The van der Waals surface area contributed by atoms with Crippen LogP contribution in [0.25, 0.3) is 0 Å². The van der Waals surface area contributed by atoms with Crippen LogP contribution in [0.1, 0.15) is 19.3 Å². The molecule has 2 aliphatic rings. The lowest BCUT2D eigenvalue weighted by atomic mass is 9.89. The highest BCUT2D eigenvalue weighted by Gasteiger charge is 2.29. The van der Waals surface area contributed by atoms with Crippen LogP contribution in [0.5, 0.6) is 0 Å². The van der Waals surface area contributed by atoms with Gasteiger partial charge in [-0.2, -0.15) is 11.8 Å². The molecule has 4 heteroatoms. The van der Waals surface area contributed by atoms with Gasteiger partial charge in [0, 0.05) is 43.3 Å². The van der Waals surface area contributed by atoms with E-state index in [1.54, 1.807) is 0 Å². The summed E-state index contributed by atoms with van der Waals surface area (Å²) < 4.78 is 5.45. The zero-order valence-electron chi connectivity index (χ0n) is 11.2. The van der Waals surface area contributed by atoms with Gasteiger partial charge in [-0.1, -0.05) is 0 Å². The molecule has 2 rings (SSSR count). The van der Waals surface area contributed by atoms with E-state index < -0.39 is 0 Å². The first-order valence-electron chi connectivity index (χ1n) is 6.84. The predicted octanol–water partition coefficient (Wildman–Crippen LogP) is 1.44. The summed E-state index contributed by atoms with van der Waals surface area (Å²) in [7, 11) is 4.40. The number of likely N-dealkylation sites (N-methyl/N-ethyl adjacent to an activating group) is 2. The normalized spacial score (nSPS) is 30.4. The van der Waals surface area contributed by atoms with Crippen LogP contribution >= 0.6 is 11.8 Å². The molecular formula is C13H26N2OS. The minimum absolute atomic E-state index is 0.649. The highest BCUT2D eigenvalue weighted by molar-refractivity contribution is 7.99. The highest BCUT2D eigenvalue weighted by Crippen LogP contribution is 2.25. The maximum absolute atomic E-state index is 5.45. The molecule has 0 saturated carbocycles. The lowest BCUT2D eigenvalue weighted by Crippen LogP contribution is -2.52. The second kappa shape index (κ2) is 6.98. The van der Waals surface area contributed by atoms with E-state index in [0.29, 0.717) is 12.1 Å². The van der Waals surface area contributed by atoms with E-state index >= 15 is 0 Å². The molecule has 2 saturated heterocycles. The fourth-order valence-electron chi connectivity index (χ4n) is 2.94. The van der Waals surface area contributed by atoms with E-state index in [4.69, 9.17) is 4.74 Å². The third-order valence-electron chi connectivity index (χ3n) is 4.21. The Bertz CT molecular complexity index is 221. The van der Waals surface area contributed by atoms with Gasteiger partial charge in [0.25, 0.3) is 0 Å². The number of nitrogens with one attached hydrogen (secondary N) is 1. The largest absolute Gasteiger partial charge is 0.381 e. The highest BCUT2D eigenvalue weighted by atomic mass is 32.2. The van der Waals surface area contributed by atoms with Crippen molar-refractivity contribution in [1.82, 2.24) is 10.2 Å². The first-order valence-corrected chi connectivity index (χ1v) is 7.99. The summed E-state index contributed by atoms with van der Waals surface area (Å²) in [6.07, 6.45) is 3.82. The van der Waals surface area contributed by atoms with Crippen LogP contribution in [0, 0.1) is 5.92 Å². The Labute approximate surface area is 110 Å². The number of rotatable bonds is 4. The molecule has 0 radical (unpaired) electrons. The molecule has 2 aliphatic heterocycles. The van der Waals surface area contributed by atoms with Crippen molar-refractivity contribution >= 4 is 11.8 Å². The summed E-state index contributed by atoms with van der Waals surface area (Å²) in [4.78, 5) is 2.54. The quantitative estimate of drug-likeness (QED) is 0.825. The Kier molecular flexibility index (Phi) is 5.60. The van der Waals surface area contributed by atoms with Crippen LogP contribution < -0.4 is 5.32 Å². The molecule has 3 nitrogen and oxygen atoms in total. The first-order chi connectivity index (χ1) is 8.31. The number of ether oxygens (including phenoxy) is 1. The summed E-state index contributed by atoms with van der Waals surface area (Å²) in [5.41, 5.74) is 0. The van der Waals surface area contributed by atoms with Crippen LogP contribution in [0.2, 0.25) is 0 Å². The summed E-state index contributed by atoms with van der Waals surface area (Å²) in [5, 5.41) is 3.55. The number of thioether (sulfide) groups is 1. The molecule has 2 fully saturated rings. The second-order valence-corrected chi connectivity index (χ2v) is 6.46. The molecule has 100 valence electrons. The van der Waals surface area contributed by atoms with Gasteiger partial charge in [0.05, 0.1) is 0 Å².